The van der Waals surface area contributed by atoms with Gasteiger partial charge in [-0.3, -0.25) is 18.5 Å². The van der Waals surface area contributed by atoms with Crippen molar-refractivity contribution in [1.29, 1.82) is 0 Å². The summed E-state index contributed by atoms with van der Waals surface area (Å²) in [6.07, 6.45) is 1.67. The molecule has 4 rings (SSSR count). The molecule has 1 N–H and O–H groups in total. The first-order valence-corrected chi connectivity index (χ1v) is 9.99. The number of hydrogen-bond acceptors (Lipinski definition) is 5. The Labute approximate surface area is 183 Å². The normalized spacial score (nSPS) is 11.5. The molecule has 158 valence electrons. The third-order valence-corrected chi connectivity index (χ3v) is 5.31. The second-order valence-electron chi connectivity index (χ2n) is 7.31. The van der Waals surface area contributed by atoms with E-state index in [0.29, 0.717) is 23.0 Å². The second kappa shape index (κ2) is 8.23. The zero-order valence-electron chi connectivity index (χ0n) is 17.3. The maximum atomic E-state index is 12.9. The third-order valence-electron chi connectivity index (χ3n) is 5.06. The fraction of sp³-hybridized carbons (Fsp3) is 0.182. The van der Waals surface area contributed by atoms with Crippen LogP contribution in [0.5, 0.6) is 0 Å². The molecule has 0 unspecified atom stereocenters. The van der Waals surface area contributed by atoms with Crippen molar-refractivity contribution >= 4 is 34.9 Å². The van der Waals surface area contributed by atoms with Gasteiger partial charge < -0.3 is 0 Å². The summed E-state index contributed by atoms with van der Waals surface area (Å²) >= 11 is 6.00. The molecule has 0 amide bonds. The summed E-state index contributed by atoms with van der Waals surface area (Å²) in [5.41, 5.74) is 5.66. The number of nitrogens with zero attached hydrogens (tertiary/aromatic N) is 5. The summed E-state index contributed by atoms with van der Waals surface area (Å²) in [5.74, 6) is 0.353. The van der Waals surface area contributed by atoms with E-state index in [-0.39, 0.29) is 5.65 Å². The van der Waals surface area contributed by atoms with Crippen LogP contribution in [0.3, 0.4) is 0 Å². The highest BCUT2D eigenvalue weighted by molar-refractivity contribution is 6.30. The largest absolute Gasteiger partial charge is 0.332 e. The van der Waals surface area contributed by atoms with Crippen molar-refractivity contribution in [1.82, 2.24) is 18.7 Å². The summed E-state index contributed by atoms with van der Waals surface area (Å²) < 4.78 is 4.14. The average Bonchev–Trinajstić information content (AvgIpc) is 3.12. The molecule has 8 nitrogen and oxygen atoms in total. The number of nitrogens with one attached hydrogen (secondary N) is 1. The molecule has 0 aliphatic carbocycles. The number of hydrogen-bond donors (Lipinski definition) is 1. The number of rotatable bonds is 5. The molecule has 0 aliphatic heterocycles. The molecule has 0 spiro atoms. The van der Waals surface area contributed by atoms with E-state index in [9.17, 15) is 9.59 Å². The Bertz CT molecular complexity index is 1400. The highest BCUT2D eigenvalue weighted by Gasteiger charge is 2.19. The van der Waals surface area contributed by atoms with Crippen molar-refractivity contribution in [2.24, 2.45) is 19.2 Å². The van der Waals surface area contributed by atoms with Crippen molar-refractivity contribution in [3.63, 3.8) is 0 Å². The molecule has 9 heteroatoms. The predicted octanol–water partition coefficient (Wildman–Crippen LogP) is 2.89. The molecule has 0 atom stereocenters. The zero-order valence-corrected chi connectivity index (χ0v) is 18.1. The van der Waals surface area contributed by atoms with Crippen LogP contribution in [0.25, 0.3) is 11.2 Å². The minimum absolute atomic E-state index is 0.287. The summed E-state index contributed by atoms with van der Waals surface area (Å²) in [7, 11) is 3.04. The smallest absolute Gasteiger partial charge is 0.298 e. The Balaban J connectivity index is 1.80. The molecular weight excluding hydrogens is 416 g/mol. The van der Waals surface area contributed by atoms with Gasteiger partial charge in [-0.25, -0.2) is 10.2 Å². The van der Waals surface area contributed by atoms with Crippen molar-refractivity contribution < 1.29 is 0 Å². The van der Waals surface area contributed by atoms with Crippen LogP contribution in [0, 0.1) is 6.92 Å². The highest BCUT2D eigenvalue weighted by Crippen LogP contribution is 2.19. The number of imidazole rings is 1. The number of hydrazone groups is 1. The van der Waals surface area contributed by atoms with Gasteiger partial charge in [0.05, 0.1) is 12.8 Å². The van der Waals surface area contributed by atoms with Crippen molar-refractivity contribution in [2.45, 2.75) is 13.5 Å². The topological polar surface area (TPSA) is 86.2 Å². The second-order valence-corrected chi connectivity index (χ2v) is 7.74. The van der Waals surface area contributed by atoms with E-state index in [1.165, 1.54) is 11.6 Å². The van der Waals surface area contributed by atoms with Crippen LogP contribution in [0.15, 0.2) is 63.2 Å². The van der Waals surface area contributed by atoms with Gasteiger partial charge in [0.25, 0.3) is 5.56 Å². The molecule has 0 bridgehead atoms. The van der Waals surface area contributed by atoms with Gasteiger partial charge in [0, 0.05) is 19.1 Å². The van der Waals surface area contributed by atoms with Crippen LogP contribution in [0.4, 0.5) is 5.95 Å². The van der Waals surface area contributed by atoms with Gasteiger partial charge in [-0.05, 0) is 30.2 Å². The van der Waals surface area contributed by atoms with Gasteiger partial charge in [-0.15, -0.1) is 0 Å². The lowest BCUT2D eigenvalue weighted by Crippen LogP contribution is -2.37. The molecule has 31 heavy (non-hydrogen) atoms. The first kappa shape index (κ1) is 20.6. The summed E-state index contributed by atoms with van der Waals surface area (Å²) in [6.45, 7) is 2.37. The predicted molar refractivity (Wildman–Crippen MR) is 123 cm³/mol. The standard InChI is InChI=1S/C22H21ClN6O2/c1-14-4-6-15(7-5-14)12-24-26-21-25-19-18(20(30)28(3)22(31)27(19)2)29(21)13-16-8-10-17(23)11-9-16/h4-12H,13H2,1-3H3,(H,25,26). The average molecular weight is 437 g/mol. The summed E-state index contributed by atoms with van der Waals surface area (Å²) in [4.78, 5) is 29.8. The van der Waals surface area contributed by atoms with E-state index in [1.54, 1.807) is 30.0 Å². The number of aromatic nitrogens is 4. The van der Waals surface area contributed by atoms with E-state index in [1.807, 2.05) is 43.3 Å². The van der Waals surface area contributed by atoms with Crippen LogP contribution >= 0.6 is 11.6 Å². The van der Waals surface area contributed by atoms with Crippen LogP contribution in [-0.2, 0) is 20.6 Å². The van der Waals surface area contributed by atoms with Crippen molar-refractivity contribution in [3.8, 4) is 0 Å². The quantitative estimate of drug-likeness (QED) is 0.385. The maximum absolute atomic E-state index is 12.9. The molecule has 2 aromatic heterocycles. The minimum Gasteiger partial charge on any atom is -0.298 e. The number of halogens is 1. The Hall–Kier alpha value is -3.65. The van der Waals surface area contributed by atoms with Crippen molar-refractivity contribution in [2.75, 3.05) is 5.43 Å². The van der Waals surface area contributed by atoms with E-state index in [0.717, 1.165) is 21.3 Å². The van der Waals surface area contributed by atoms with Gasteiger partial charge in [0.15, 0.2) is 11.2 Å². The number of anilines is 1. The van der Waals surface area contributed by atoms with Gasteiger partial charge in [0.2, 0.25) is 5.95 Å². The van der Waals surface area contributed by atoms with E-state index in [2.05, 4.69) is 15.5 Å². The van der Waals surface area contributed by atoms with Crippen molar-refractivity contribution in [3.05, 3.63) is 91.1 Å². The number of benzene rings is 2. The molecule has 0 radical (unpaired) electrons. The molecule has 0 aliphatic rings. The molecule has 0 fully saturated rings. The fourth-order valence-corrected chi connectivity index (χ4v) is 3.40. The van der Waals surface area contributed by atoms with Gasteiger partial charge in [-0.1, -0.05) is 53.6 Å². The lowest BCUT2D eigenvalue weighted by molar-refractivity contribution is 0.702. The SMILES string of the molecule is Cc1ccc(C=NNc2nc3c(c(=O)n(C)c(=O)n3C)n2Cc2ccc(Cl)cc2)cc1. The molecule has 0 saturated carbocycles. The van der Waals surface area contributed by atoms with Gasteiger partial charge >= 0.3 is 5.69 Å². The Morgan fingerprint density at radius 1 is 1.03 bits per heavy atom. The van der Waals surface area contributed by atoms with Gasteiger partial charge in [-0.2, -0.15) is 10.1 Å². The van der Waals surface area contributed by atoms with E-state index < -0.39 is 11.2 Å². The van der Waals surface area contributed by atoms with Gasteiger partial charge in [0.1, 0.15) is 0 Å². The highest BCUT2D eigenvalue weighted by atomic mass is 35.5. The molecule has 0 saturated heterocycles. The lowest BCUT2D eigenvalue weighted by Gasteiger charge is -2.09. The summed E-state index contributed by atoms with van der Waals surface area (Å²) in [6, 6.07) is 15.2. The molecule has 4 aromatic rings. The molecule has 2 heterocycles. The first-order valence-electron chi connectivity index (χ1n) is 9.61. The van der Waals surface area contributed by atoms with Crippen LogP contribution in [-0.4, -0.2) is 24.9 Å². The molecule has 2 aromatic carbocycles. The maximum Gasteiger partial charge on any atom is 0.332 e. The monoisotopic (exact) mass is 436 g/mol. The Morgan fingerprint density at radius 2 is 1.71 bits per heavy atom. The van der Waals surface area contributed by atoms with E-state index >= 15 is 0 Å². The van der Waals surface area contributed by atoms with E-state index in [4.69, 9.17) is 11.6 Å². The lowest BCUT2D eigenvalue weighted by atomic mass is 10.2. The Kier molecular flexibility index (Phi) is 5.48. The summed E-state index contributed by atoms with van der Waals surface area (Å²) in [5, 5.41) is 4.91. The minimum atomic E-state index is -0.441. The number of fused-ring (bicyclic) bond motifs is 1. The fourth-order valence-electron chi connectivity index (χ4n) is 3.28. The first-order chi connectivity index (χ1) is 14.8. The molecular formula is C22H21ClN6O2. The number of aryl methyl sites for hydroxylation is 2. The third kappa shape index (κ3) is 4.02. The van der Waals surface area contributed by atoms with Crippen LogP contribution in [0.1, 0.15) is 16.7 Å². The zero-order chi connectivity index (χ0) is 22.1. The van der Waals surface area contributed by atoms with Crippen LogP contribution in [0.2, 0.25) is 5.02 Å². The van der Waals surface area contributed by atoms with Crippen LogP contribution < -0.4 is 16.7 Å². The Morgan fingerprint density at radius 3 is 2.39 bits per heavy atom.